The zero-order valence-corrected chi connectivity index (χ0v) is 16.0. The zero-order valence-electron chi connectivity index (χ0n) is 14.4. The Morgan fingerprint density at radius 1 is 0.960 bits per heavy atom. The third-order valence-electron chi connectivity index (χ3n) is 3.30. The topological polar surface area (TPSA) is 64.6 Å². The lowest BCUT2D eigenvalue weighted by atomic mass is 10.1. The van der Waals surface area contributed by atoms with Crippen molar-refractivity contribution in [3.8, 4) is 5.75 Å². The van der Waals surface area contributed by atoms with Crippen LogP contribution in [0.4, 0.5) is 5.69 Å². The number of ether oxygens (including phenoxy) is 2. The molecule has 0 radical (unpaired) electrons. The van der Waals surface area contributed by atoms with E-state index < -0.39 is 11.9 Å². The molecule has 5 nitrogen and oxygen atoms in total. The Bertz CT molecular complexity index is 769. The quantitative estimate of drug-likeness (QED) is 0.739. The summed E-state index contributed by atoms with van der Waals surface area (Å²) in [7, 11) is 0. The number of benzene rings is 2. The second-order valence-electron chi connectivity index (χ2n) is 5.81. The van der Waals surface area contributed by atoms with Crippen LogP contribution in [0.5, 0.6) is 5.75 Å². The van der Waals surface area contributed by atoms with Crippen molar-refractivity contribution in [3.05, 3.63) is 57.6 Å². The maximum absolute atomic E-state index is 11.9. The number of hydrogen-bond acceptors (Lipinski definition) is 4. The summed E-state index contributed by atoms with van der Waals surface area (Å²) < 4.78 is 11.1. The van der Waals surface area contributed by atoms with Gasteiger partial charge in [0.25, 0.3) is 5.91 Å². The highest BCUT2D eigenvalue weighted by Crippen LogP contribution is 2.25. The largest absolute Gasteiger partial charge is 0.481 e. The smallest absolute Gasteiger partial charge is 0.344 e. The summed E-state index contributed by atoms with van der Waals surface area (Å²) in [6.07, 6.45) is 0. The number of hydrogen-bond donors (Lipinski definition) is 1. The summed E-state index contributed by atoms with van der Waals surface area (Å²) in [5.41, 5.74) is 3.84. The van der Waals surface area contributed by atoms with E-state index in [4.69, 9.17) is 9.47 Å². The van der Waals surface area contributed by atoms with Gasteiger partial charge in [-0.25, -0.2) is 4.79 Å². The van der Waals surface area contributed by atoms with Gasteiger partial charge in [-0.05, 0) is 77.7 Å². The second-order valence-corrected chi connectivity index (χ2v) is 6.66. The van der Waals surface area contributed by atoms with Gasteiger partial charge in [0.05, 0.1) is 4.47 Å². The van der Waals surface area contributed by atoms with Crippen LogP contribution in [0.3, 0.4) is 0 Å². The number of rotatable bonds is 6. The van der Waals surface area contributed by atoms with Gasteiger partial charge in [-0.2, -0.15) is 0 Å². The molecule has 0 aliphatic heterocycles. The molecule has 0 aromatic heterocycles. The van der Waals surface area contributed by atoms with Gasteiger partial charge in [-0.15, -0.1) is 0 Å². The van der Waals surface area contributed by atoms with E-state index in [1.54, 1.807) is 6.07 Å². The molecule has 6 heteroatoms. The number of carbonyl (C=O) groups is 2. The molecule has 0 saturated heterocycles. The van der Waals surface area contributed by atoms with Gasteiger partial charge in [0.15, 0.2) is 13.2 Å². The third-order valence-corrected chi connectivity index (χ3v) is 3.92. The minimum atomic E-state index is -0.608. The van der Waals surface area contributed by atoms with E-state index in [1.165, 1.54) is 0 Å². The molecule has 2 rings (SSSR count). The molecule has 0 saturated carbocycles. The van der Waals surface area contributed by atoms with Crippen LogP contribution in [-0.2, 0) is 14.3 Å². The van der Waals surface area contributed by atoms with Crippen LogP contribution in [0, 0.1) is 20.8 Å². The first-order chi connectivity index (χ1) is 11.8. The monoisotopic (exact) mass is 405 g/mol. The van der Waals surface area contributed by atoms with Crippen molar-refractivity contribution in [2.24, 2.45) is 0 Å². The van der Waals surface area contributed by atoms with Gasteiger partial charge in [-0.3, -0.25) is 4.79 Å². The Morgan fingerprint density at radius 2 is 1.64 bits per heavy atom. The second kappa shape index (κ2) is 8.67. The SMILES string of the molecule is Cc1cc(C)cc(NC(=O)COC(=O)COc2ccc(C)cc2Br)c1. The molecule has 0 aliphatic rings. The van der Waals surface area contributed by atoms with Gasteiger partial charge < -0.3 is 14.8 Å². The molecule has 132 valence electrons. The van der Waals surface area contributed by atoms with E-state index >= 15 is 0 Å². The predicted octanol–water partition coefficient (Wildman–Crippen LogP) is 3.94. The summed E-state index contributed by atoms with van der Waals surface area (Å²) in [5.74, 6) is -0.458. The van der Waals surface area contributed by atoms with E-state index in [9.17, 15) is 9.59 Å². The summed E-state index contributed by atoms with van der Waals surface area (Å²) in [6.45, 7) is 5.23. The Balaban J connectivity index is 1.78. The van der Waals surface area contributed by atoms with Crippen molar-refractivity contribution >= 4 is 33.5 Å². The van der Waals surface area contributed by atoms with Gasteiger partial charge >= 0.3 is 5.97 Å². The normalized spacial score (nSPS) is 10.2. The first-order valence-electron chi connectivity index (χ1n) is 7.76. The Hall–Kier alpha value is -2.34. The van der Waals surface area contributed by atoms with Crippen LogP contribution in [-0.4, -0.2) is 25.1 Å². The average molecular weight is 406 g/mol. The van der Waals surface area contributed by atoms with Crippen molar-refractivity contribution in [2.75, 3.05) is 18.5 Å². The molecule has 0 aliphatic carbocycles. The van der Waals surface area contributed by atoms with E-state index in [1.807, 2.05) is 51.1 Å². The Labute approximate surface area is 155 Å². The van der Waals surface area contributed by atoms with Gasteiger partial charge in [-0.1, -0.05) is 12.1 Å². The van der Waals surface area contributed by atoms with E-state index in [0.29, 0.717) is 11.4 Å². The Kier molecular flexibility index (Phi) is 6.58. The number of halogens is 1. The summed E-state index contributed by atoms with van der Waals surface area (Å²) >= 11 is 3.37. The minimum absolute atomic E-state index is 0.265. The van der Waals surface area contributed by atoms with Crippen LogP contribution in [0.25, 0.3) is 0 Å². The summed E-state index contributed by atoms with van der Waals surface area (Å²) in [4.78, 5) is 23.6. The zero-order chi connectivity index (χ0) is 18.4. The van der Waals surface area contributed by atoms with Gasteiger partial charge in [0.2, 0.25) is 0 Å². The number of anilines is 1. The maximum Gasteiger partial charge on any atom is 0.344 e. The van der Waals surface area contributed by atoms with E-state index in [-0.39, 0.29) is 13.2 Å². The molecule has 0 bridgehead atoms. The molecule has 0 spiro atoms. The summed E-state index contributed by atoms with van der Waals surface area (Å²) in [5, 5.41) is 2.70. The Morgan fingerprint density at radius 3 is 2.28 bits per heavy atom. The van der Waals surface area contributed by atoms with Crippen molar-refractivity contribution < 1.29 is 19.1 Å². The van der Waals surface area contributed by atoms with Crippen molar-refractivity contribution in [2.45, 2.75) is 20.8 Å². The van der Waals surface area contributed by atoms with Gasteiger partial charge in [0, 0.05) is 5.69 Å². The fourth-order valence-corrected chi connectivity index (χ4v) is 2.90. The first kappa shape index (κ1) is 19.0. The van der Waals surface area contributed by atoms with E-state index in [0.717, 1.165) is 21.2 Å². The number of esters is 1. The van der Waals surface area contributed by atoms with Crippen molar-refractivity contribution in [1.82, 2.24) is 0 Å². The highest BCUT2D eigenvalue weighted by Gasteiger charge is 2.10. The predicted molar refractivity (Wildman–Crippen MR) is 99.9 cm³/mol. The fourth-order valence-electron chi connectivity index (χ4n) is 2.29. The van der Waals surface area contributed by atoms with Crippen LogP contribution in [0.1, 0.15) is 16.7 Å². The highest BCUT2D eigenvalue weighted by molar-refractivity contribution is 9.10. The summed E-state index contributed by atoms with van der Waals surface area (Å²) in [6, 6.07) is 11.2. The number of carbonyl (C=O) groups excluding carboxylic acids is 2. The lowest BCUT2D eigenvalue weighted by Gasteiger charge is -2.10. The molecule has 0 fully saturated rings. The lowest BCUT2D eigenvalue weighted by molar-refractivity contribution is -0.149. The molecule has 1 amide bonds. The van der Waals surface area contributed by atoms with Gasteiger partial charge in [0.1, 0.15) is 5.75 Å². The van der Waals surface area contributed by atoms with Crippen molar-refractivity contribution in [1.29, 1.82) is 0 Å². The average Bonchev–Trinajstić information content (AvgIpc) is 2.51. The van der Waals surface area contributed by atoms with Crippen molar-refractivity contribution in [3.63, 3.8) is 0 Å². The molecule has 0 heterocycles. The third kappa shape index (κ3) is 6.23. The lowest BCUT2D eigenvalue weighted by Crippen LogP contribution is -2.23. The molecule has 25 heavy (non-hydrogen) atoms. The molecular weight excluding hydrogens is 386 g/mol. The van der Waals surface area contributed by atoms with Crippen LogP contribution in [0.15, 0.2) is 40.9 Å². The molecule has 2 aromatic rings. The number of amides is 1. The number of aryl methyl sites for hydroxylation is 3. The molecule has 0 unspecified atom stereocenters. The molecular formula is C19H20BrNO4. The van der Waals surface area contributed by atoms with E-state index in [2.05, 4.69) is 21.2 Å². The molecule has 2 aromatic carbocycles. The van der Waals surface area contributed by atoms with Crippen LogP contribution >= 0.6 is 15.9 Å². The minimum Gasteiger partial charge on any atom is -0.481 e. The van der Waals surface area contributed by atoms with Crippen LogP contribution in [0.2, 0.25) is 0 Å². The maximum atomic E-state index is 11.9. The fraction of sp³-hybridized carbons (Fsp3) is 0.263. The number of nitrogens with one attached hydrogen (secondary N) is 1. The molecule has 1 N–H and O–H groups in total. The highest BCUT2D eigenvalue weighted by atomic mass is 79.9. The van der Waals surface area contributed by atoms with Crippen LogP contribution < -0.4 is 10.1 Å². The standard InChI is InChI=1S/C19H20BrNO4/c1-12-4-5-17(16(20)9-12)24-11-19(23)25-10-18(22)21-15-7-13(2)6-14(3)8-15/h4-9H,10-11H2,1-3H3,(H,21,22). The molecule has 0 atom stereocenters. The first-order valence-corrected chi connectivity index (χ1v) is 8.55.